The predicted octanol–water partition coefficient (Wildman–Crippen LogP) is 7.83. The summed E-state index contributed by atoms with van der Waals surface area (Å²) in [6.07, 6.45) is 1.92. The number of ketones is 1. The summed E-state index contributed by atoms with van der Waals surface area (Å²) in [5.41, 5.74) is 4.22. The molecule has 2 aliphatic carbocycles. The molecule has 2 amide bonds. The normalized spacial score (nSPS) is 16.3. The first-order valence-electron chi connectivity index (χ1n) is 17.9. The zero-order chi connectivity index (χ0) is 37.3. The van der Waals surface area contributed by atoms with Gasteiger partial charge in [0.15, 0.2) is 5.78 Å². The average molecular weight is 704 g/mol. The van der Waals surface area contributed by atoms with Crippen molar-refractivity contribution in [2.24, 2.45) is 10.4 Å². The third kappa shape index (κ3) is 10.9. The van der Waals surface area contributed by atoms with Crippen LogP contribution >= 0.6 is 0 Å². The second-order valence-electron chi connectivity index (χ2n) is 15.3. The Bertz CT molecular complexity index is 1610. The van der Waals surface area contributed by atoms with Gasteiger partial charge in [0, 0.05) is 44.1 Å². The van der Waals surface area contributed by atoms with Crippen LogP contribution in [0, 0.1) is 5.41 Å². The highest BCUT2D eigenvalue weighted by atomic mass is 16.6. The number of amides is 2. The molecule has 2 aromatic carbocycles. The van der Waals surface area contributed by atoms with Crippen LogP contribution in [-0.2, 0) is 19.1 Å². The summed E-state index contributed by atoms with van der Waals surface area (Å²) in [4.78, 5) is 56.6. The fourth-order valence-corrected chi connectivity index (χ4v) is 6.75. The molecule has 0 saturated carbocycles. The summed E-state index contributed by atoms with van der Waals surface area (Å²) < 4.78 is 11.2. The number of hydrogen-bond acceptors (Lipinski definition) is 8. The van der Waals surface area contributed by atoms with E-state index in [0.717, 1.165) is 22.3 Å². The molecule has 0 radical (unpaired) electrons. The van der Waals surface area contributed by atoms with Crippen molar-refractivity contribution in [3.8, 4) is 11.1 Å². The van der Waals surface area contributed by atoms with E-state index in [2.05, 4.69) is 10.3 Å². The molecule has 11 nitrogen and oxygen atoms in total. The van der Waals surface area contributed by atoms with Gasteiger partial charge in [-0.3, -0.25) is 9.79 Å². The van der Waals surface area contributed by atoms with Crippen LogP contribution in [0.4, 0.5) is 9.59 Å². The molecule has 0 aliphatic heterocycles. The van der Waals surface area contributed by atoms with Gasteiger partial charge in [-0.05, 0) is 87.5 Å². The number of aliphatic hydroxyl groups is 1. The molecule has 276 valence electrons. The van der Waals surface area contributed by atoms with E-state index in [9.17, 15) is 29.4 Å². The Hall–Kier alpha value is -4.67. The Labute approximate surface area is 301 Å². The number of alkyl carbamates (subject to hydrolysis) is 1. The lowest BCUT2D eigenvalue weighted by Crippen LogP contribution is -2.41. The van der Waals surface area contributed by atoms with E-state index in [4.69, 9.17) is 9.47 Å². The maximum atomic E-state index is 13.0. The molecule has 0 saturated heterocycles. The molecule has 0 heterocycles. The van der Waals surface area contributed by atoms with Crippen molar-refractivity contribution in [2.75, 3.05) is 26.2 Å². The van der Waals surface area contributed by atoms with Gasteiger partial charge in [0.25, 0.3) is 0 Å². The summed E-state index contributed by atoms with van der Waals surface area (Å²) in [7, 11) is 0. The van der Waals surface area contributed by atoms with Crippen molar-refractivity contribution in [1.82, 2.24) is 10.2 Å². The van der Waals surface area contributed by atoms with Crippen LogP contribution in [-0.4, -0.2) is 82.6 Å². The number of Topliss-reactive ketones (excluding diaryl/α,β-unsaturated/α-hetero) is 1. The molecular formula is C40H53N3O8. The number of fused-ring (bicyclic) bond motifs is 3. The molecule has 3 N–H and O–H groups in total. The molecule has 2 aromatic rings. The molecular weight excluding hydrogens is 650 g/mol. The number of carbonyl (C=O) groups excluding carboxylic acids is 3. The summed E-state index contributed by atoms with van der Waals surface area (Å²) in [5.74, 6) is -1.31. The topological polar surface area (TPSA) is 155 Å². The number of aliphatic imine (C=N–C) groups is 1. The number of aliphatic hydroxyl groups excluding tert-OH is 1. The number of carboxylic acids is 1. The van der Waals surface area contributed by atoms with Crippen LogP contribution in [0.3, 0.4) is 0 Å². The number of carbonyl (C=O) groups is 4. The third-order valence-electron chi connectivity index (χ3n) is 9.16. The van der Waals surface area contributed by atoms with E-state index in [1.807, 2.05) is 62.4 Å². The van der Waals surface area contributed by atoms with E-state index in [1.54, 1.807) is 32.6 Å². The predicted molar refractivity (Wildman–Crippen MR) is 196 cm³/mol. The number of aliphatic carboxylic acids is 1. The van der Waals surface area contributed by atoms with Gasteiger partial charge in [-0.15, -0.1) is 0 Å². The maximum Gasteiger partial charge on any atom is 0.410 e. The number of nitrogens with one attached hydrogen (secondary N) is 1. The van der Waals surface area contributed by atoms with Crippen LogP contribution < -0.4 is 5.32 Å². The molecule has 0 spiro atoms. The second-order valence-corrected chi connectivity index (χ2v) is 15.3. The lowest BCUT2D eigenvalue weighted by atomic mass is 9.76. The van der Waals surface area contributed by atoms with E-state index < -0.39 is 29.8 Å². The highest BCUT2D eigenvalue weighted by molar-refractivity contribution is 6.22. The minimum Gasteiger partial charge on any atom is -0.511 e. The van der Waals surface area contributed by atoms with Gasteiger partial charge in [-0.25, -0.2) is 14.4 Å². The van der Waals surface area contributed by atoms with Crippen LogP contribution in [0.15, 0.2) is 64.9 Å². The Morgan fingerprint density at radius 1 is 0.961 bits per heavy atom. The largest absolute Gasteiger partial charge is 0.511 e. The van der Waals surface area contributed by atoms with Crippen molar-refractivity contribution in [2.45, 2.75) is 104 Å². The lowest BCUT2D eigenvalue weighted by molar-refractivity contribution is -0.139. The summed E-state index contributed by atoms with van der Waals surface area (Å²) >= 11 is 0. The number of nitrogens with zero attached hydrogens (tertiary/aromatic N) is 2. The first-order chi connectivity index (χ1) is 24.1. The molecule has 0 bridgehead atoms. The Balaban J connectivity index is 1.25. The standard InChI is InChI=1S/C40H53N3O8/c1-26(35-33(44)23-40(5,6)24-34(35)45)41-20-12-14-22-43(38(49)51-39(2,3)4)21-13-11-19-32(36(46)47)42-37(48)50-25-31-29-17-9-7-15-27(29)28-16-8-10-18-30(28)31/h7-10,15-18,31-32,44H,11-14,19-25H2,1-6H3,(H,42,48)(H,46,47)/t32-/m1/s1. The number of rotatable bonds is 15. The van der Waals surface area contributed by atoms with Gasteiger partial charge >= 0.3 is 18.2 Å². The van der Waals surface area contributed by atoms with Crippen LogP contribution in [0.25, 0.3) is 11.1 Å². The fourth-order valence-electron chi connectivity index (χ4n) is 6.75. The SMILES string of the molecule is CC(=NCCCCN(CCCC[C@@H](NC(=O)OCC1c2ccccc2-c2ccccc21)C(=O)O)C(=O)OC(C)(C)C)C1=C(O)CC(C)(C)CC1=O. The number of ether oxygens (including phenoxy) is 2. The molecule has 0 unspecified atom stereocenters. The smallest absolute Gasteiger partial charge is 0.410 e. The van der Waals surface area contributed by atoms with Crippen LogP contribution in [0.1, 0.15) is 104 Å². The van der Waals surface area contributed by atoms with E-state index in [0.29, 0.717) is 69.4 Å². The van der Waals surface area contributed by atoms with Crippen LogP contribution in [0.2, 0.25) is 0 Å². The monoisotopic (exact) mass is 703 g/mol. The molecule has 2 aliphatic rings. The zero-order valence-corrected chi connectivity index (χ0v) is 30.8. The molecule has 51 heavy (non-hydrogen) atoms. The summed E-state index contributed by atoms with van der Waals surface area (Å²) in [6, 6.07) is 14.8. The Morgan fingerprint density at radius 3 is 2.12 bits per heavy atom. The van der Waals surface area contributed by atoms with E-state index in [-0.39, 0.29) is 35.9 Å². The minimum absolute atomic E-state index is 0.0821. The highest BCUT2D eigenvalue weighted by Crippen LogP contribution is 2.44. The van der Waals surface area contributed by atoms with Gasteiger partial charge in [0.05, 0.1) is 5.57 Å². The number of hydrogen-bond donors (Lipinski definition) is 3. The van der Waals surface area contributed by atoms with Crippen molar-refractivity contribution >= 4 is 29.7 Å². The highest BCUT2D eigenvalue weighted by Gasteiger charge is 2.34. The van der Waals surface area contributed by atoms with Crippen molar-refractivity contribution in [3.05, 3.63) is 71.0 Å². The minimum atomic E-state index is -1.16. The fraction of sp³-hybridized carbons (Fsp3) is 0.525. The second kappa shape index (κ2) is 17.0. The van der Waals surface area contributed by atoms with Gasteiger partial charge in [-0.1, -0.05) is 62.4 Å². The number of carboxylic acid groups (broad SMARTS) is 1. The number of benzene rings is 2. The van der Waals surface area contributed by atoms with E-state index >= 15 is 0 Å². The average Bonchev–Trinajstić information content (AvgIpc) is 3.35. The summed E-state index contributed by atoms with van der Waals surface area (Å²) in [6.45, 7) is 12.3. The van der Waals surface area contributed by atoms with Crippen LogP contribution in [0.5, 0.6) is 0 Å². The zero-order valence-electron chi connectivity index (χ0n) is 30.8. The Morgan fingerprint density at radius 2 is 1.55 bits per heavy atom. The van der Waals surface area contributed by atoms with Gasteiger partial charge < -0.3 is 29.9 Å². The maximum absolute atomic E-state index is 13.0. The van der Waals surface area contributed by atoms with Gasteiger partial charge in [0.2, 0.25) is 0 Å². The summed E-state index contributed by atoms with van der Waals surface area (Å²) in [5, 5.41) is 22.8. The third-order valence-corrected chi connectivity index (χ3v) is 9.16. The van der Waals surface area contributed by atoms with E-state index in [1.165, 1.54) is 0 Å². The first-order valence-corrected chi connectivity index (χ1v) is 17.9. The molecule has 4 rings (SSSR count). The Kier molecular flexibility index (Phi) is 13.1. The van der Waals surface area contributed by atoms with Gasteiger partial charge in [-0.2, -0.15) is 0 Å². The quantitative estimate of drug-likeness (QED) is 0.125. The molecule has 0 fully saturated rings. The van der Waals surface area contributed by atoms with Crippen molar-refractivity contribution < 1.29 is 38.9 Å². The molecule has 0 aromatic heterocycles. The molecule has 11 heteroatoms. The first kappa shape index (κ1) is 39.1. The number of allylic oxidation sites excluding steroid dienone is 2. The van der Waals surface area contributed by atoms with Crippen molar-refractivity contribution in [1.29, 1.82) is 0 Å². The number of unbranched alkanes of at least 4 members (excludes halogenated alkanes) is 2. The lowest BCUT2D eigenvalue weighted by Gasteiger charge is -2.29. The van der Waals surface area contributed by atoms with Gasteiger partial charge in [0.1, 0.15) is 24.0 Å². The van der Waals surface area contributed by atoms with Crippen molar-refractivity contribution in [3.63, 3.8) is 0 Å². The molecule has 1 atom stereocenters.